The summed E-state index contributed by atoms with van der Waals surface area (Å²) in [6, 6.07) is 6.94. The van der Waals surface area contributed by atoms with Crippen LogP contribution in [0.4, 0.5) is 5.69 Å². The number of carbonyl (C=O) groups is 1. The third kappa shape index (κ3) is 2.44. The minimum absolute atomic E-state index is 0.0697. The van der Waals surface area contributed by atoms with E-state index in [1.807, 2.05) is 0 Å². The Bertz CT molecular complexity index is 1020. The van der Waals surface area contributed by atoms with Crippen LogP contribution < -0.4 is 5.56 Å². The Morgan fingerprint density at radius 3 is 2.71 bits per heavy atom. The summed E-state index contributed by atoms with van der Waals surface area (Å²) in [5, 5.41) is 0. The Balaban J connectivity index is 2.17. The van der Waals surface area contributed by atoms with E-state index >= 15 is 0 Å². The van der Waals surface area contributed by atoms with Gasteiger partial charge in [-0.25, -0.2) is 19.0 Å². The number of imidazole rings is 1. The maximum absolute atomic E-state index is 12.6. The maximum Gasteiger partial charge on any atom is 0.345 e. The van der Waals surface area contributed by atoms with Gasteiger partial charge in [0.05, 0.1) is 24.6 Å². The molecule has 1 N–H and O–H groups in total. The molecule has 3 aromatic rings. The Morgan fingerprint density at radius 2 is 2.08 bits per heavy atom. The standard InChI is InChI=1S/C17H14N4O3/c1-4-24-16(23)13-9-19-17-20-14(10(2)21(17)15(13)22)11-5-7-12(18-3)8-6-11/h5-9H,4H2,1-2H3,(H,19,20). The van der Waals surface area contributed by atoms with E-state index in [0.717, 1.165) is 5.56 Å². The second-order valence-electron chi connectivity index (χ2n) is 5.09. The molecule has 0 unspecified atom stereocenters. The van der Waals surface area contributed by atoms with Crippen molar-refractivity contribution in [2.75, 3.05) is 6.61 Å². The molecule has 1 aromatic carbocycles. The fraction of sp³-hybridized carbons (Fsp3) is 0.176. The molecule has 2 heterocycles. The highest BCUT2D eigenvalue weighted by Gasteiger charge is 2.18. The van der Waals surface area contributed by atoms with Crippen LogP contribution in [-0.4, -0.2) is 26.9 Å². The Labute approximate surface area is 137 Å². The number of fused-ring (bicyclic) bond motifs is 1. The average molecular weight is 322 g/mol. The van der Waals surface area contributed by atoms with Gasteiger partial charge in [-0.1, -0.05) is 24.3 Å². The van der Waals surface area contributed by atoms with Crippen molar-refractivity contribution in [2.45, 2.75) is 13.8 Å². The van der Waals surface area contributed by atoms with Crippen LogP contribution in [0.3, 0.4) is 0 Å². The van der Waals surface area contributed by atoms with E-state index in [9.17, 15) is 9.59 Å². The van der Waals surface area contributed by atoms with Crippen molar-refractivity contribution in [1.29, 1.82) is 0 Å². The van der Waals surface area contributed by atoms with E-state index < -0.39 is 11.5 Å². The second-order valence-corrected chi connectivity index (χ2v) is 5.09. The quantitative estimate of drug-likeness (QED) is 0.594. The number of H-pyrrole nitrogens is 1. The summed E-state index contributed by atoms with van der Waals surface area (Å²) < 4.78 is 6.25. The Hall–Kier alpha value is -3.40. The molecule has 0 saturated carbocycles. The first kappa shape index (κ1) is 15.5. The molecule has 120 valence electrons. The number of aryl methyl sites for hydroxylation is 1. The zero-order valence-corrected chi connectivity index (χ0v) is 13.2. The molecule has 24 heavy (non-hydrogen) atoms. The smallest absolute Gasteiger partial charge is 0.345 e. The van der Waals surface area contributed by atoms with Crippen LogP contribution in [0.5, 0.6) is 0 Å². The molecule has 0 saturated heterocycles. The lowest BCUT2D eigenvalue weighted by atomic mass is 10.1. The van der Waals surface area contributed by atoms with Gasteiger partial charge in [0.25, 0.3) is 5.56 Å². The molecule has 3 rings (SSSR count). The number of aromatic amines is 1. The summed E-state index contributed by atoms with van der Waals surface area (Å²) in [5.74, 6) is -0.327. The van der Waals surface area contributed by atoms with Crippen LogP contribution in [0.15, 0.2) is 35.3 Å². The van der Waals surface area contributed by atoms with Crippen LogP contribution in [0, 0.1) is 13.5 Å². The summed E-state index contributed by atoms with van der Waals surface area (Å²) in [6.45, 7) is 10.6. The summed E-state index contributed by atoms with van der Waals surface area (Å²) in [4.78, 5) is 35.1. The van der Waals surface area contributed by atoms with Crippen molar-refractivity contribution >= 4 is 17.4 Å². The predicted molar refractivity (Wildman–Crippen MR) is 88.2 cm³/mol. The van der Waals surface area contributed by atoms with Gasteiger partial charge in [0.2, 0.25) is 5.78 Å². The van der Waals surface area contributed by atoms with Crippen LogP contribution in [-0.2, 0) is 4.74 Å². The highest BCUT2D eigenvalue weighted by Crippen LogP contribution is 2.24. The molecular weight excluding hydrogens is 308 g/mol. The molecule has 7 nitrogen and oxygen atoms in total. The highest BCUT2D eigenvalue weighted by molar-refractivity contribution is 5.89. The van der Waals surface area contributed by atoms with E-state index in [1.165, 1.54) is 10.6 Å². The minimum Gasteiger partial charge on any atom is -0.462 e. The molecule has 0 aliphatic carbocycles. The molecule has 0 amide bonds. The average Bonchev–Trinajstić information content (AvgIpc) is 2.93. The largest absolute Gasteiger partial charge is 0.462 e. The third-order valence-electron chi connectivity index (χ3n) is 3.65. The molecule has 0 bridgehead atoms. The number of benzene rings is 1. The first-order chi connectivity index (χ1) is 11.6. The lowest BCUT2D eigenvalue weighted by molar-refractivity contribution is 0.0523. The number of aromatic nitrogens is 3. The summed E-state index contributed by atoms with van der Waals surface area (Å²) in [5.41, 5.74) is 1.99. The number of nitrogens with zero attached hydrogens (tertiary/aromatic N) is 3. The van der Waals surface area contributed by atoms with Gasteiger partial charge in [-0.2, -0.15) is 0 Å². The topological polar surface area (TPSA) is 80.8 Å². The van der Waals surface area contributed by atoms with Crippen molar-refractivity contribution in [3.05, 3.63) is 63.5 Å². The van der Waals surface area contributed by atoms with Crippen molar-refractivity contribution in [3.8, 4) is 11.3 Å². The zero-order valence-electron chi connectivity index (χ0n) is 13.2. The number of ether oxygens (including phenoxy) is 1. The van der Waals surface area contributed by atoms with Gasteiger partial charge in [0.15, 0.2) is 5.69 Å². The van der Waals surface area contributed by atoms with Crippen LogP contribution in [0.2, 0.25) is 0 Å². The molecule has 0 spiro atoms. The highest BCUT2D eigenvalue weighted by atomic mass is 16.5. The molecular formula is C17H14N4O3. The van der Waals surface area contributed by atoms with E-state index in [0.29, 0.717) is 22.9 Å². The van der Waals surface area contributed by atoms with Gasteiger partial charge < -0.3 is 9.72 Å². The van der Waals surface area contributed by atoms with Gasteiger partial charge in [-0.15, -0.1) is 0 Å². The molecule has 0 radical (unpaired) electrons. The summed E-state index contributed by atoms with van der Waals surface area (Å²) >= 11 is 0. The monoisotopic (exact) mass is 322 g/mol. The van der Waals surface area contributed by atoms with Gasteiger partial charge in [0.1, 0.15) is 5.56 Å². The lowest BCUT2D eigenvalue weighted by Gasteiger charge is -2.02. The molecule has 0 fully saturated rings. The van der Waals surface area contributed by atoms with Crippen LogP contribution >= 0.6 is 0 Å². The van der Waals surface area contributed by atoms with Crippen molar-refractivity contribution in [1.82, 2.24) is 14.4 Å². The number of hydrogen-bond acceptors (Lipinski definition) is 4. The summed E-state index contributed by atoms with van der Waals surface area (Å²) in [7, 11) is 0. The number of nitrogens with one attached hydrogen (secondary N) is 1. The molecule has 0 atom stereocenters. The molecule has 0 aliphatic rings. The first-order valence-corrected chi connectivity index (χ1v) is 7.32. The van der Waals surface area contributed by atoms with Crippen molar-refractivity contribution in [3.63, 3.8) is 0 Å². The predicted octanol–water partition coefficient (Wildman–Crippen LogP) is 2.73. The lowest BCUT2D eigenvalue weighted by Crippen LogP contribution is -2.24. The molecule has 0 aliphatic heterocycles. The van der Waals surface area contributed by atoms with Gasteiger partial charge >= 0.3 is 5.97 Å². The number of esters is 1. The van der Waals surface area contributed by atoms with Gasteiger partial charge in [-0.3, -0.25) is 4.79 Å². The normalized spacial score (nSPS) is 10.5. The van der Waals surface area contributed by atoms with E-state index in [-0.39, 0.29) is 12.2 Å². The summed E-state index contributed by atoms with van der Waals surface area (Å²) in [6.07, 6.45) is 1.31. The number of hydrogen-bond donors (Lipinski definition) is 1. The van der Waals surface area contributed by atoms with E-state index in [4.69, 9.17) is 11.3 Å². The first-order valence-electron chi connectivity index (χ1n) is 7.32. The Kier molecular flexibility index (Phi) is 3.88. The zero-order chi connectivity index (χ0) is 17.3. The van der Waals surface area contributed by atoms with Crippen molar-refractivity contribution in [2.24, 2.45) is 0 Å². The third-order valence-corrected chi connectivity index (χ3v) is 3.65. The van der Waals surface area contributed by atoms with E-state index in [1.54, 1.807) is 38.1 Å². The van der Waals surface area contributed by atoms with Crippen LogP contribution in [0.25, 0.3) is 21.9 Å². The molecule has 7 heteroatoms. The number of rotatable bonds is 3. The fourth-order valence-corrected chi connectivity index (χ4v) is 2.49. The minimum atomic E-state index is -0.670. The van der Waals surface area contributed by atoms with Crippen LogP contribution in [0.1, 0.15) is 23.0 Å². The Morgan fingerprint density at radius 1 is 1.38 bits per heavy atom. The van der Waals surface area contributed by atoms with E-state index in [2.05, 4.69) is 14.8 Å². The maximum atomic E-state index is 12.6. The SMILES string of the molecule is [C-]#[N+]c1ccc(-c2nc3[nH]cc(C(=O)OCC)c(=O)n3c2C)cc1. The second kappa shape index (κ2) is 6.01. The fourth-order valence-electron chi connectivity index (χ4n) is 2.49. The number of carbonyl (C=O) groups excluding carboxylic acids is 1. The van der Waals surface area contributed by atoms with Gasteiger partial charge in [0, 0.05) is 6.20 Å². The van der Waals surface area contributed by atoms with Gasteiger partial charge in [-0.05, 0) is 19.4 Å². The molecule has 2 aromatic heterocycles. The van der Waals surface area contributed by atoms with Crippen molar-refractivity contribution < 1.29 is 9.53 Å².